The van der Waals surface area contributed by atoms with Crippen LogP contribution in [0.5, 0.6) is 5.75 Å². The van der Waals surface area contributed by atoms with E-state index in [0.29, 0.717) is 25.0 Å². The van der Waals surface area contributed by atoms with Crippen LogP contribution in [0.2, 0.25) is 0 Å². The molecule has 0 spiro atoms. The predicted molar refractivity (Wildman–Crippen MR) is 122 cm³/mol. The second-order valence-corrected chi connectivity index (χ2v) is 7.19. The van der Waals surface area contributed by atoms with Crippen molar-refractivity contribution in [1.82, 2.24) is 15.5 Å². The maximum absolute atomic E-state index is 13.8. The van der Waals surface area contributed by atoms with Gasteiger partial charge in [0.05, 0.1) is 26.4 Å². The normalized spacial score (nSPS) is 17.9. The van der Waals surface area contributed by atoms with E-state index >= 15 is 0 Å². The molecule has 1 unspecified atom stereocenters. The van der Waals surface area contributed by atoms with Crippen molar-refractivity contribution in [3.63, 3.8) is 0 Å². The molecule has 1 fully saturated rings. The molecule has 8 heteroatoms. The molecule has 160 valence electrons. The lowest BCUT2D eigenvalue weighted by molar-refractivity contribution is -0.0284. The molecule has 1 saturated heterocycles. The van der Waals surface area contributed by atoms with Gasteiger partial charge in [-0.3, -0.25) is 4.90 Å². The average molecular weight is 508 g/mol. The van der Waals surface area contributed by atoms with Crippen molar-refractivity contribution in [2.75, 3.05) is 46.4 Å². The molecular weight excluding hydrogens is 474 g/mol. The highest BCUT2D eigenvalue weighted by atomic mass is 127. The largest absolute Gasteiger partial charge is 0.494 e. The first kappa shape index (κ1) is 24.9. The molecule has 6 nitrogen and oxygen atoms in total. The predicted octanol–water partition coefficient (Wildman–Crippen LogP) is 2.86. The first-order chi connectivity index (χ1) is 13.0. The van der Waals surface area contributed by atoms with Gasteiger partial charge in [-0.15, -0.1) is 24.0 Å². The number of rotatable bonds is 8. The molecule has 1 atom stereocenters. The van der Waals surface area contributed by atoms with Crippen LogP contribution in [0.4, 0.5) is 4.39 Å². The molecule has 2 N–H and O–H groups in total. The molecule has 28 heavy (non-hydrogen) atoms. The van der Waals surface area contributed by atoms with Crippen LogP contribution in [0.15, 0.2) is 23.2 Å². The first-order valence-corrected chi connectivity index (χ1v) is 9.70. The quantitative estimate of drug-likeness (QED) is 0.322. The van der Waals surface area contributed by atoms with E-state index in [-0.39, 0.29) is 41.6 Å². The first-order valence-electron chi connectivity index (χ1n) is 9.70. The number of guanidine groups is 1. The van der Waals surface area contributed by atoms with E-state index in [1.165, 1.54) is 13.2 Å². The maximum Gasteiger partial charge on any atom is 0.191 e. The van der Waals surface area contributed by atoms with Gasteiger partial charge in [-0.2, -0.15) is 0 Å². The lowest BCUT2D eigenvalue weighted by atomic mass is 10.2. The Bertz CT molecular complexity index is 616. The number of methoxy groups -OCH3 is 1. The van der Waals surface area contributed by atoms with E-state index in [0.717, 1.165) is 38.3 Å². The van der Waals surface area contributed by atoms with Crippen LogP contribution in [0, 0.1) is 11.7 Å². The van der Waals surface area contributed by atoms with Crippen LogP contribution in [0.1, 0.15) is 26.3 Å². The van der Waals surface area contributed by atoms with Gasteiger partial charge in [-0.1, -0.05) is 19.9 Å². The third-order valence-electron chi connectivity index (χ3n) is 4.32. The Hall–Kier alpha value is -1.13. The lowest BCUT2D eigenvalue weighted by Crippen LogP contribution is -2.50. The van der Waals surface area contributed by atoms with Crippen molar-refractivity contribution in [3.05, 3.63) is 29.6 Å². The van der Waals surface area contributed by atoms with E-state index in [4.69, 9.17) is 9.47 Å². The highest BCUT2D eigenvalue weighted by Gasteiger charge is 2.21. The van der Waals surface area contributed by atoms with E-state index in [2.05, 4.69) is 34.4 Å². The zero-order valence-electron chi connectivity index (χ0n) is 17.3. The molecule has 1 aliphatic rings. The molecule has 0 aliphatic carbocycles. The molecule has 1 aromatic rings. The van der Waals surface area contributed by atoms with E-state index in [1.54, 1.807) is 6.07 Å². The molecule has 2 rings (SSSR count). The monoisotopic (exact) mass is 508 g/mol. The van der Waals surface area contributed by atoms with Gasteiger partial charge in [-0.25, -0.2) is 9.38 Å². The molecule has 1 aliphatic heterocycles. The molecule has 0 aromatic heterocycles. The summed E-state index contributed by atoms with van der Waals surface area (Å²) in [4.78, 5) is 7.00. The Labute approximate surface area is 185 Å². The molecule has 0 bridgehead atoms. The summed E-state index contributed by atoms with van der Waals surface area (Å²) in [5, 5.41) is 6.56. The summed E-state index contributed by atoms with van der Waals surface area (Å²) >= 11 is 0. The molecule has 0 radical (unpaired) electrons. The van der Waals surface area contributed by atoms with Crippen molar-refractivity contribution in [2.45, 2.75) is 33.4 Å². The Kier molecular flexibility index (Phi) is 11.7. The van der Waals surface area contributed by atoms with Crippen molar-refractivity contribution in [1.29, 1.82) is 0 Å². The van der Waals surface area contributed by atoms with Gasteiger partial charge in [0, 0.05) is 32.7 Å². The minimum absolute atomic E-state index is 0. The Morgan fingerprint density at radius 3 is 2.82 bits per heavy atom. The number of benzene rings is 1. The van der Waals surface area contributed by atoms with Gasteiger partial charge in [0.2, 0.25) is 0 Å². The number of halogens is 2. The fourth-order valence-corrected chi connectivity index (χ4v) is 3.12. The zero-order chi connectivity index (χ0) is 19.6. The molecular formula is C20H34FIN4O2. The van der Waals surface area contributed by atoms with E-state index in [1.807, 2.05) is 13.0 Å². The molecule has 0 saturated carbocycles. The molecule has 0 amide bonds. The third kappa shape index (κ3) is 8.48. The van der Waals surface area contributed by atoms with Crippen molar-refractivity contribution in [2.24, 2.45) is 10.9 Å². The second-order valence-electron chi connectivity index (χ2n) is 7.19. The molecule has 1 aromatic carbocycles. The maximum atomic E-state index is 13.8. The summed E-state index contributed by atoms with van der Waals surface area (Å²) in [5.74, 6) is 1.23. The van der Waals surface area contributed by atoms with Gasteiger partial charge in [0.15, 0.2) is 17.5 Å². The van der Waals surface area contributed by atoms with Crippen molar-refractivity contribution >= 4 is 29.9 Å². The number of aliphatic imine (C=N–C) groups is 1. The van der Waals surface area contributed by atoms with Gasteiger partial charge in [-0.05, 0) is 30.5 Å². The summed E-state index contributed by atoms with van der Waals surface area (Å²) in [7, 11) is 1.46. The second kappa shape index (κ2) is 13.2. The summed E-state index contributed by atoms with van der Waals surface area (Å²) in [6.45, 7) is 12.1. The summed E-state index contributed by atoms with van der Waals surface area (Å²) in [6.07, 6.45) is 0.139. The van der Waals surface area contributed by atoms with Crippen LogP contribution in [0.25, 0.3) is 0 Å². The standard InChI is InChI=1S/C20H33FN4O2.HI/c1-5-22-20(23-11-16-6-7-19(26-4)18(21)10-16)24-12-17-14-25(8-9-27-17)13-15(2)3;/h6-7,10,15,17H,5,8-9,11-14H2,1-4H3,(H2,22,23,24);1H. The van der Waals surface area contributed by atoms with E-state index in [9.17, 15) is 4.39 Å². The van der Waals surface area contributed by atoms with Crippen LogP contribution in [-0.2, 0) is 11.3 Å². The number of nitrogens with one attached hydrogen (secondary N) is 2. The number of nitrogens with zero attached hydrogens (tertiary/aromatic N) is 2. The van der Waals surface area contributed by atoms with Gasteiger partial charge < -0.3 is 20.1 Å². The summed E-state index contributed by atoms with van der Waals surface area (Å²) in [6, 6.07) is 4.91. The number of hydrogen-bond donors (Lipinski definition) is 2. The number of hydrogen-bond acceptors (Lipinski definition) is 4. The zero-order valence-corrected chi connectivity index (χ0v) is 19.7. The van der Waals surface area contributed by atoms with Crippen molar-refractivity contribution in [3.8, 4) is 5.75 Å². The van der Waals surface area contributed by atoms with Crippen LogP contribution in [-0.4, -0.2) is 63.4 Å². The van der Waals surface area contributed by atoms with E-state index < -0.39 is 0 Å². The highest BCUT2D eigenvalue weighted by Crippen LogP contribution is 2.18. The molecule has 1 heterocycles. The minimum atomic E-state index is -0.371. The van der Waals surface area contributed by atoms with Gasteiger partial charge in [0.25, 0.3) is 0 Å². The van der Waals surface area contributed by atoms with Crippen LogP contribution in [0.3, 0.4) is 0 Å². The number of morpholine rings is 1. The van der Waals surface area contributed by atoms with Crippen molar-refractivity contribution < 1.29 is 13.9 Å². The smallest absolute Gasteiger partial charge is 0.191 e. The van der Waals surface area contributed by atoms with Gasteiger partial charge >= 0.3 is 0 Å². The fourth-order valence-electron chi connectivity index (χ4n) is 3.12. The topological polar surface area (TPSA) is 58.1 Å². The Balaban J connectivity index is 0.00000392. The Morgan fingerprint density at radius 2 is 2.18 bits per heavy atom. The lowest BCUT2D eigenvalue weighted by Gasteiger charge is -2.34. The Morgan fingerprint density at radius 1 is 1.39 bits per heavy atom. The highest BCUT2D eigenvalue weighted by molar-refractivity contribution is 14.0. The minimum Gasteiger partial charge on any atom is -0.494 e. The summed E-state index contributed by atoms with van der Waals surface area (Å²) in [5.41, 5.74) is 0.794. The SMILES string of the molecule is CCNC(=NCc1ccc(OC)c(F)c1)NCC1CN(CC(C)C)CCO1.I. The average Bonchev–Trinajstić information content (AvgIpc) is 2.64. The third-order valence-corrected chi connectivity index (χ3v) is 4.32. The number of ether oxygens (including phenoxy) is 2. The van der Waals surface area contributed by atoms with Crippen LogP contribution >= 0.6 is 24.0 Å². The summed E-state index contributed by atoms with van der Waals surface area (Å²) < 4.78 is 24.6. The van der Waals surface area contributed by atoms with Gasteiger partial charge in [0.1, 0.15) is 0 Å². The van der Waals surface area contributed by atoms with Crippen LogP contribution < -0.4 is 15.4 Å². The fraction of sp³-hybridized carbons (Fsp3) is 0.650.